The summed E-state index contributed by atoms with van der Waals surface area (Å²) in [6.07, 6.45) is 2.26. The number of ether oxygens (including phenoxy) is 2. The lowest BCUT2D eigenvalue weighted by Crippen LogP contribution is -2.41. The largest absolute Gasteiger partial charge is 0.496 e. The lowest BCUT2D eigenvalue weighted by molar-refractivity contribution is -0.0892. The first kappa shape index (κ1) is 13.9. The normalized spacial score (nSPS) is 25.6. The molecular weight excluding hydrogens is 238 g/mol. The van der Waals surface area contributed by atoms with Gasteiger partial charge in [0, 0.05) is 6.61 Å². The van der Waals surface area contributed by atoms with Crippen molar-refractivity contribution in [1.29, 1.82) is 5.26 Å². The van der Waals surface area contributed by atoms with E-state index in [9.17, 15) is 5.26 Å². The second-order valence-corrected chi connectivity index (χ2v) is 5.92. The number of para-hydroxylation sites is 1. The second kappa shape index (κ2) is 5.22. The Labute approximate surface area is 115 Å². The van der Waals surface area contributed by atoms with E-state index < -0.39 is 0 Å². The van der Waals surface area contributed by atoms with Crippen LogP contribution in [-0.4, -0.2) is 19.3 Å². The number of methoxy groups -OCH3 is 1. The number of benzene rings is 1. The van der Waals surface area contributed by atoms with Gasteiger partial charge in [-0.15, -0.1) is 0 Å². The monoisotopic (exact) mass is 259 g/mol. The summed E-state index contributed by atoms with van der Waals surface area (Å²) in [5.74, 6) is 0.862. The van der Waals surface area contributed by atoms with E-state index in [0.717, 1.165) is 30.6 Å². The van der Waals surface area contributed by atoms with E-state index in [2.05, 4.69) is 19.9 Å². The Morgan fingerprint density at radius 3 is 2.74 bits per heavy atom. The van der Waals surface area contributed by atoms with Gasteiger partial charge in [0.05, 0.1) is 24.2 Å². The maximum atomic E-state index is 9.65. The van der Waals surface area contributed by atoms with Crippen molar-refractivity contribution in [2.75, 3.05) is 13.7 Å². The maximum absolute atomic E-state index is 9.65. The molecule has 2 rings (SSSR count). The molecule has 0 saturated carbocycles. The summed E-state index contributed by atoms with van der Waals surface area (Å²) >= 11 is 0. The molecule has 3 nitrogen and oxygen atoms in total. The van der Waals surface area contributed by atoms with E-state index in [1.807, 2.05) is 24.3 Å². The first-order valence-corrected chi connectivity index (χ1v) is 6.67. The highest BCUT2D eigenvalue weighted by atomic mass is 16.5. The van der Waals surface area contributed by atoms with Crippen molar-refractivity contribution in [2.24, 2.45) is 5.41 Å². The van der Waals surface area contributed by atoms with E-state index in [4.69, 9.17) is 9.47 Å². The van der Waals surface area contributed by atoms with Crippen molar-refractivity contribution < 1.29 is 9.47 Å². The van der Waals surface area contributed by atoms with Crippen LogP contribution < -0.4 is 4.74 Å². The molecule has 1 fully saturated rings. The molecule has 1 aromatic carbocycles. The van der Waals surface area contributed by atoms with Crippen molar-refractivity contribution in [3.05, 3.63) is 29.8 Å². The standard InChI is InChI=1S/C16H21NO2/c1-15(2)11-16(12-17,8-9-19-15)10-13-6-4-5-7-14(13)18-3/h4-7H,8-11H2,1-3H3. The highest BCUT2D eigenvalue weighted by Crippen LogP contribution is 2.42. The maximum Gasteiger partial charge on any atom is 0.122 e. The van der Waals surface area contributed by atoms with Crippen LogP contribution in [0.25, 0.3) is 0 Å². The average molecular weight is 259 g/mol. The van der Waals surface area contributed by atoms with Crippen LogP contribution in [0.5, 0.6) is 5.75 Å². The first-order chi connectivity index (χ1) is 9.00. The van der Waals surface area contributed by atoms with Crippen LogP contribution in [0, 0.1) is 16.7 Å². The molecular formula is C16H21NO2. The van der Waals surface area contributed by atoms with Gasteiger partial charge in [-0.05, 0) is 44.7 Å². The Balaban J connectivity index is 2.26. The van der Waals surface area contributed by atoms with Gasteiger partial charge >= 0.3 is 0 Å². The van der Waals surface area contributed by atoms with Crippen molar-refractivity contribution in [3.8, 4) is 11.8 Å². The summed E-state index contributed by atoms with van der Waals surface area (Å²) < 4.78 is 11.1. The van der Waals surface area contributed by atoms with Gasteiger partial charge in [-0.3, -0.25) is 0 Å². The smallest absolute Gasteiger partial charge is 0.122 e. The van der Waals surface area contributed by atoms with E-state index in [-0.39, 0.29) is 11.0 Å². The fourth-order valence-electron chi connectivity index (χ4n) is 2.98. The highest BCUT2D eigenvalue weighted by Gasteiger charge is 2.41. The van der Waals surface area contributed by atoms with Crippen LogP contribution in [0.4, 0.5) is 0 Å². The van der Waals surface area contributed by atoms with Crippen molar-refractivity contribution in [3.63, 3.8) is 0 Å². The molecule has 1 aliphatic rings. The van der Waals surface area contributed by atoms with Gasteiger partial charge in [-0.2, -0.15) is 5.26 Å². The Hall–Kier alpha value is -1.53. The van der Waals surface area contributed by atoms with Crippen LogP contribution >= 0.6 is 0 Å². The lowest BCUT2D eigenvalue weighted by Gasteiger charge is -2.41. The molecule has 0 aliphatic carbocycles. The predicted octanol–water partition coefficient (Wildman–Crippen LogP) is 3.34. The molecule has 1 unspecified atom stereocenters. The van der Waals surface area contributed by atoms with Gasteiger partial charge in [0.1, 0.15) is 5.75 Å². The molecule has 0 spiro atoms. The first-order valence-electron chi connectivity index (χ1n) is 6.67. The summed E-state index contributed by atoms with van der Waals surface area (Å²) in [6, 6.07) is 10.5. The summed E-state index contributed by atoms with van der Waals surface area (Å²) in [5.41, 5.74) is 0.524. The lowest BCUT2D eigenvalue weighted by atomic mass is 9.71. The van der Waals surface area contributed by atoms with E-state index in [0.29, 0.717) is 6.61 Å². The van der Waals surface area contributed by atoms with Crippen LogP contribution in [0.15, 0.2) is 24.3 Å². The van der Waals surface area contributed by atoms with Gasteiger partial charge in [0.25, 0.3) is 0 Å². The van der Waals surface area contributed by atoms with Crippen LogP contribution in [-0.2, 0) is 11.2 Å². The average Bonchev–Trinajstić information content (AvgIpc) is 2.38. The molecule has 0 radical (unpaired) electrons. The third-order valence-electron chi connectivity index (χ3n) is 3.80. The molecule has 3 heteroatoms. The minimum Gasteiger partial charge on any atom is -0.496 e. The van der Waals surface area contributed by atoms with Gasteiger partial charge in [0.2, 0.25) is 0 Å². The highest BCUT2D eigenvalue weighted by molar-refractivity contribution is 5.35. The van der Waals surface area contributed by atoms with E-state index >= 15 is 0 Å². The Morgan fingerprint density at radius 2 is 2.11 bits per heavy atom. The number of hydrogen-bond donors (Lipinski definition) is 0. The van der Waals surface area contributed by atoms with Crippen LogP contribution in [0.1, 0.15) is 32.3 Å². The fourth-order valence-corrected chi connectivity index (χ4v) is 2.98. The summed E-state index contributed by atoms with van der Waals surface area (Å²) in [5, 5.41) is 9.65. The minimum absolute atomic E-state index is 0.226. The SMILES string of the molecule is COc1ccccc1CC1(C#N)CCOC(C)(C)C1. The van der Waals surface area contributed by atoms with Gasteiger partial charge in [-0.1, -0.05) is 18.2 Å². The summed E-state index contributed by atoms with van der Waals surface area (Å²) in [7, 11) is 1.67. The van der Waals surface area contributed by atoms with Crippen molar-refractivity contribution in [1.82, 2.24) is 0 Å². The van der Waals surface area contributed by atoms with Gasteiger partial charge in [-0.25, -0.2) is 0 Å². The molecule has 1 aromatic rings. The molecule has 0 amide bonds. The topological polar surface area (TPSA) is 42.2 Å². The second-order valence-electron chi connectivity index (χ2n) is 5.92. The third-order valence-corrected chi connectivity index (χ3v) is 3.80. The van der Waals surface area contributed by atoms with Crippen LogP contribution in [0.3, 0.4) is 0 Å². The van der Waals surface area contributed by atoms with Crippen molar-refractivity contribution in [2.45, 2.75) is 38.7 Å². The Kier molecular flexibility index (Phi) is 3.82. The van der Waals surface area contributed by atoms with E-state index in [1.165, 1.54) is 0 Å². The molecule has 1 atom stereocenters. The summed E-state index contributed by atoms with van der Waals surface area (Å²) in [4.78, 5) is 0. The molecule has 0 bridgehead atoms. The molecule has 102 valence electrons. The Bertz CT molecular complexity index is 490. The number of rotatable bonds is 3. The zero-order chi connectivity index (χ0) is 13.9. The quantitative estimate of drug-likeness (QED) is 0.836. The number of nitriles is 1. The zero-order valence-electron chi connectivity index (χ0n) is 11.9. The van der Waals surface area contributed by atoms with E-state index in [1.54, 1.807) is 7.11 Å². The molecule has 19 heavy (non-hydrogen) atoms. The van der Waals surface area contributed by atoms with Gasteiger partial charge in [0.15, 0.2) is 0 Å². The number of hydrogen-bond acceptors (Lipinski definition) is 3. The molecule has 0 N–H and O–H groups in total. The molecule has 1 saturated heterocycles. The summed E-state index contributed by atoms with van der Waals surface area (Å²) in [6.45, 7) is 4.76. The molecule has 1 aliphatic heterocycles. The van der Waals surface area contributed by atoms with Crippen molar-refractivity contribution >= 4 is 0 Å². The molecule has 1 heterocycles. The van der Waals surface area contributed by atoms with Gasteiger partial charge < -0.3 is 9.47 Å². The van der Waals surface area contributed by atoms with Crippen LogP contribution in [0.2, 0.25) is 0 Å². The fraction of sp³-hybridized carbons (Fsp3) is 0.562. The Morgan fingerprint density at radius 1 is 1.37 bits per heavy atom. The predicted molar refractivity (Wildman–Crippen MR) is 74.0 cm³/mol. The molecule has 0 aromatic heterocycles. The zero-order valence-corrected chi connectivity index (χ0v) is 11.9. The number of nitrogens with zero attached hydrogens (tertiary/aromatic N) is 1. The third kappa shape index (κ3) is 3.08. The minimum atomic E-state index is -0.351.